The average molecular weight is 392 g/mol. The van der Waals surface area contributed by atoms with Gasteiger partial charge in [0, 0.05) is 31.2 Å². The SMILES string of the molecule is CC(C)(C)C(=O)ON1CCN(CC(O)c2ccc3c(c2)COC3=O)[C@H](CO)C1. The van der Waals surface area contributed by atoms with Gasteiger partial charge in [-0.2, -0.15) is 0 Å². The van der Waals surface area contributed by atoms with Crippen molar-refractivity contribution in [2.45, 2.75) is 39.5 Å². The van der Waals surface area contributed by atoms with Gasteiger partial charge in [0.05, 0.1) is 30.2 Å². The van der Waals surface area contributed by atoms with Gasteiger partial charge in [-0.05, 0) is 38.5 Å². The Morgan fingerprint density at radius 3 is 2.79 bits per heavy atom. The third-order valence-corrected chi connectivity index (χ3v) is 5.10. The minimum Gasteiger partial charge on any atom is -0.457 e. The fourth-order valence-electron chi connectivity index (χ4n) is 3.30. The Bertz CT molecular complexity index is 745. The number of fused-ring (bicyclic) bond motifs is 1. The molecule has 2 atom stereocenters. The Kier molecular flexibility index (Phi) is 6.04. The summed E-state index contributed by atoms with van der Waals surface area (Å²) in [6.45, 7) is 7.25. The molecule has 8 heteroatoms. The Balaban J connectivity index is 1.60. The van der Waals surface area contributed by atoms with Crippen molar-refractivity contribution in [1.29, 1.82) is 0 Å². The third-order valence-electron chi connectivity index (χ3n) is 5.10. The van der Waals surface area contributed by atoms with E-state index in [0.29, 0.717) is 37.3 Å². The van der Waals surface area contributed by atoms with Gasteiger partial charge in [-0.3, -0.25) is 4.90 Å². The van der Waals surface area contributed by atoms with Crippen LogP contribution in [-0.4, -0.2) is 70.9 Å². The van der Waals surface area contributed by atoms with Gasteiger partial charge in [0.2, 0.25) is 0 Å². The first-order valence-corrected chi connectivity index (χ1v) is 9.49. The smallest absolute Gasteiger partial charge is 0.338 e. The number of esters is 1. The summed E-state index contributed by atoms with van der Waals surface area (Å²) in [7, 11) is 0. The van der Waals surface area contributed by atoms with Crippen LogP contribution in [0.15, 0.2) is 18.2 Å². The highest BCUT2D eigenvalue weighted by atomic mass is 16.7. The second-order valence-corrected chi connectivity index (χ2v) is 8.36. The van der Waals surface area contributed by atoms with Gasteiger partial charge in [0.25, 0.3) is 0 Å². The lowest BCUT2D eigenvalue weighted by Gasteiger charge is -2.40. The van der Waals surface area contributed by atoms with E-state index in [1.165, 1.54) is 0 Å². The third kappa shape index (κ3) is 4.52. The van der Waals surface area contributed by atoms with Crippen molar-refractivity contribution in [2.75, 3.05) is 32.8 Å². The van der Waals surface area contributed by atoms with Gasteiger partial charge < -0.3 is 19.8 Å². The van der Waals surface area contributed by atoms with Crippen LogP contribution in [0.5, 0.6) is 0 Å². The number of hydroxylamine groups is 2. The number of carbonyl (C=O) groups excluding carboxylic acids is 2. The number of aliphatic hydroxyl groups is 2. The molecule has 0 radical (unpaired) electrons. The van der Waals surface area contributed by atoms with Crippen LogP contribution >= 0.6 is 0 Å². The van der Waals surface area contributed by atoms with Crippen LogP contribution in [0.1, 0.15) is 48.4 Å². The highest BCUT2D eigenvalue weighted by Crippen LogP contribution is 2.25. The van der Waals surface area contributed by atoms with Crippen LogP contribution in [0.25, 0.3) is 0 Å². The number of rotatable bonds is 5. The molecular weight excluding hydrogens is 364 g/mol. The maximum absolute atomic E-state index is 12.1. The zero-order valence-corrected chi connectivity index (χ0v) is 16.6. The van der Waals surface area contributed by atoms with Crippen molar-refractivity contribution in [2.24, 2.45) is 5.41 Å². The second kappa shape index (κ2) is 8.16. The van der Waals surface area contributed by atoms with Crippen molar-refractivity contribution in [3.63, 3.8) is 0 Å². The number of ether oxygens (including phenoxy) is 1. The van der Waals surface area contributed by atoms with Crippen LogP contribution in [0, 0.1) is 5.41 Å². The highest BCUT2D eigenvalue weighted by molar-refractivity contribution is 5.93. The molecule has 2 heterocycles. The predicted molar refractivity (Wildman–Crippen MR) is 100 cm³/mol. The molecule has 1 saturated heterocycles. The Morgan fingerprint density at radius 1 is 1.36 bits per heavy atom. The number of β-amino-alcohol motifs (C(OH)–C–C–N with tert-alkyl or cyclic N) is 1. The van der Waals surface area contributed by atoms with Crippen molar-refractivity contribution >= 4 is 11.9 Å². The molecule has 3 rings (SSSR count). The number of piperazine rings is 1. The number of nitrogens with zero attached hydrogens (tertiary/aromatic N) is 2. The van der Waals surface area contributed by atoms with Gasteiger partial charge in [-0.25, -0.2) is 9.59 Å². The number of hydrogen-bond acceptors (Lipinski definition) is 8. The molecule has 1 aromatic rings. The second-order valence-electron chi connectivity index (χ2n) is 8.36. The maximum Gasteiger partial charge on any atom is 0.338 e. The Morgan fingerprint density at radius 2 is 2.11 bits per heavy atom. The first-order chi connectivity index (χ1) is 13.2. The molecule has 2 N–H and O–H groups in total. The number of carbonyl (C=O) groups is 2. The van der Waals surface area contributed by atoms with E-state index in [1.54, 1.807) is 44.0 Å². The molecule has 1 aromatic carbocycles. The normalized spacial score (nSPS) is 21.9. The van der Waals surface area contributed by atoms with Crippen LogP contribution in [-0.2, 0) is 21.0 Å². The minimum atomic E-state index is -0.765. The zero-order valence-electron chi connectivity index (χ0n) is 16.6. The van der Waals surface area contributed by atoms with Gasteiger partial charge in [0.1, 0.15) is 6.61 Å². The predicted octanol–water partition coefficient (Wildman–Crippen LogP) is 0.873. The molecular formula is C20H28N2O6. The summed E-state index contributed by atoms with van der Waals surface area (Å²) in [6, 6.07) is 4.94. The fourth-order valence-corrected chi connectivity index (χ4v) is 3.30. The van der Waals surface area contributed by atoms with E-state index < -0.39 is 11.5 Å². The summed E-state index contributed by atoms with van der Waals surface area (Å²) < 4.78 is 5.00. The van der Waals surface area contributed by atoms with Crippen molar-refractivity contribution in [3.8, 4) is 0 Å². The number of benzene rings is 1. The van der Waals surface area contributed by atoms with E-state index >= 15 is 0 Å². The maximum atomic E-state index is 12.1. The summed E-state index contributed by atoms with van der Waals surface area (Å²) in [6.07, 6.45) is -0.765. The van der Waals surface area contributed by atoms with E-state index in [1.807, 2.05) is 4.90 Å². The van der Waals surface area contributed by atoms with Crippen LogP contribution in [0.4, 0.5) is 0 Å². The van der Waals surface area contributed by atoms with E-state index in [9.17, 15) is 19.8 Å². The topological polar surface area (TPSA) is 99.5 Å². The molecule has 28 heavy (non-hydrogen) atoms. The summed E-state index contributed by atoms with van der Waals surface area (Å²) in [5.41, 5.74) is 1.42. The van der Waals surface area contributed by atoms with Crippen LogP contribution in [0.3, 0.4) is 0 Å². The summed E-state index contributed by atoms with van der Waals surface area (Å²) in [5, 5.41) is 22.0. The molecule has 2 aliphatic heterocycles. The molecule has 0 aromatic heterocycles. The quantitative estimate of drug-likeness (QED) is 0.713. The minimum absolute atomic E-state index is 0.108. The largest absolute Gasteiger partial charge is 0.457 e. The average Bonchev–Trinajstić information content (AvgIpc) is 3.02. The van der Waals surface area contributed by atoms with Gasteiger partial charge in [0.15, 0.2) is 0 Å². The van der Waals surface area contributed by atoms with Crippen molar-refractivity contribution in [3.05, 3.63) is 34.9 Å². The molecule has 154 valence electrons. The Hall–Kier alpha value is -2.00. The monoisotopic (exact) mass is 392 g/mol. The molecule has 0 bridgehead atoms. The molecule has 0 saturated carbocycles. The highest BCUT2D eigenvalue weighted by Gasteiger charge is 2.33. The lowest BCUT2D eigenvalue weighted by Crippen LogP contribution is -2.56. The number of aliphatic hydroxyl groups excluding tert-OH is 2. The Labute approximate surface area is 164 Å². The molecule has 0 spiro atoms. The first kappa shape index (κ1) is 20.7. The zero-order chi connectivity index (χ0) is 20.5. The number of hydrogen-bond donors (Lipinski definition) is 2. The molecule has 0 amide bonds. The van der Waals surface area contributed by atoms with Crippen molar-refractivity contribution in [1.82, 2.24) is 9.96 Å². The van der Waals surface area contributed by atoms with Gasteiger partial charge in [-0.15, -0.1) is 5.06 Å². The van der Waals surface area contributed by atoms with Crippen molar-refractivity contribution < 1.29 is 29.4 Å². The summed E-state index contributed by atoms with van der Waals surface area (Å²) in [4.78, 5) is 31.0. The molecule has 1 fully saturated rings. The van der Waals surface area contributed by atoms with E-state index in [2.05, 4.69) is 0 Å². The fraction of sp³-hybridized carbons (Fsp3) is 0.600. The van der Waals surface area contributed by atoms with Gasteiger partial charge >= 0.3 is 11.9 Å². The van der Waals surface area contributed by atoms with Gasteiger partial charge in [-0.1, -0.05) is 6.07 Å². The molecule has 0 aliphatic carbocycles. The van der Waals surface area contributed by atoms with E-state index in [0.717, 1.165) is 5.56 Å². The molecule has 8 nitrogen and oxygen atoms in total. The number of cyclic esters (lactones) is 1. The van der Waals surface area contributed by atoms with E-state index in [4.69, 9.17) is 9.57 Å². The first-order valence-electron chi connectivity index (χ1n) is 9.49. The summed E-state index contributed by atoms with van der Waals surface area (Å²) >= 11 is 0. The van der Waals surface area contributed by atoms with E-state index in [-0.39, 0.29) is 31.2 Å². The lowest BCUT2D eigenvalue weighted by molar-refractivity contribution is -0.213. The van der Waals surface area contributed by atoms with Crippen LogP contribution in [0.2, 0.25) is 0 Å². The lowest BCUT2D eigenvalue weighted by atomic mass is 9.98. The molecule has 1 unspecified atom stereocenters. The standard InChI is InChI=1S/C20H28N2O6/c1-20(2,3)19(26)28-22-7-6-21(15(9-22)11-23)10-17(24)13-4-5-16-14(8-13)12-27-18(16)25/h4-5,8,15,17,23-24H,6-7,9-12H2,1-3H3/t15-,17?/m0/s1. The van der Waals surface area contributed by atoms with Crippen LogP contribution < -0.4 is 0 Å². The summed E-state index contributed by atoms with van der Waals surface area (Å²) in [5.74, 6) is -0.648. The molecule has 2 aliphatic rings.